The maximum absolute atomic E-state index is 10.6. The molecule has 0 amide bonds. The Bertz CT molecular complexity index is 559. The second-order valence-electron chi connectivity index (χ2n) is 4.35. The first-order chi connectivity index (χ1) is 9.04. The third-order valence-electron chi connectivity index (χ3n) is 2.64. The van der Waals surface area contributed by atoms with Crippen molar-refractivity contribution in [2.45, 2.75) is 26.4 Å². The topological polar surface area (TPSA) is 72.6 Å². The minimum Gasteiger partial charge on any atom is -0.483 e. The van der Waals surface area contributed by atoms with Crippen LogP contribution in [0.15, 0.2) is 34.9 Å². The lowest BCUT2D eigenvalue weighted by molar-refractivity contribution is -0.136. The lowest BCUT2D eigenvalue weighted by atomic mass is 10.1. The third kappa shape index (κ3) is 3.58. The zero-order valence-electron chi connectivity index (χ0n) is 10.8. The Morgan fingerprint density at radius 3 is 2.63 bits per heavy atom. The number of aromatic nitrogens is 1. The van der Waals surface area contributed by atoms with Crippen LogP contribution in [-0.4, -0.2) is 16.2 Å². The predicted molar refractivity (Wildman–Crippen MR) is 68.1 cm³/mol. The van der Waals surface area contributed by atoms with Crippen LogP contribution in [-0.2, 0) is 11.2 Å². The number of ether oxygens (including phenoxy) is 1. The molecule has 2 aromatic rings. The molecule has 1 unspecified atom stereocenters. The summed E-state index contributed by atoms with van der Waals surface area (Å²) < 4.78 is 10.8. The summed E-state index contributed by atoms with van der Waals surface area (Å²) in [5.41, 5.74) is 1.55. The first kappa shape index (κ1) is 13.1. The molecule has 1 aromatic heterocycles. The van der Waals surface area contributed by atoms with E-state index >= 15 is 0 Å². The van der Waals surface area contributed by atoms with Crippen molar-refractivity contribution in [1.82, 2.24) is 5.16 Å². The first-order valence-electron chi connectivity index (χ1n) is 5.95. The summed E-state index contributed by atoms with van der Waals surface area (Å²) in [7, 11) is 0. The first-order valence-corrected chi connectivity index (χ1v) is 5.95. The molecule has 0 saturated heterocycles. The molecule has 1 heterocycles. The van der Waals surface area contributed by atoms with Gasteiger partial charge in [-0.3, -0.25) is 4.79 Å². The summed E-state index contributed by atoms with van der Waals surface area (Å²) in [5.74, 6) is 0.474. The molecule has 1 aromatic carbocycles. The molecule has 0 aliphatic rings. The molecular weight excluding hydrogens is 246 g/mol. The van der Waals surface area contributed by atoms with Gasteiger partial charge in [0.25, 0.3) is 0 Å². The number of carboxylic acid groups (broad SMARTS) is 1. The van der Waals surface area contributed by atoms with Crippen LogP contribution in [0.3, 0.4) is 0 Å². The molecule has 0 saturated carbocycles. The van der Waals surface area contributed by atoms with Crippen LogP contribution >= 0.6 is 0 Å². The van der Waals surface area contributed by atoms with Gasteiger partial charge >= 0.3 is 5.97 Å². The van der Waals surface area contributed by atoms with Crippen LogP contribution in [0.4, 0.5) is 0 Å². The summed E-state index contributed by atoms with van der Waals surface area (Å²) >= 11 is 0. The number of aryl methyl sites for hydroxylation is 1. The molecule has 0 aliphatic heterocycles. The van der Waals surface area contributed by atoms with Gasteiger partial charge in [0.2, 0.25) is 0 Å². The zero-order chi connectivity index (χ0) is 13.8. The number of rotatable bonds is 5. The van der Waals surface area contributed by atoms with Gasteiger partial charge in [-0.05, 0) is 31.5 Å². The summed E-state index contributed by atoms with van der Waals surface area (Å²) in [4.78, 5) is 10.6. The highest BCUT2D eigenvalue weighted by Crippen LogP contribution is 2.22. The fraction of sp³-hybridized carbons (Fsp3) is 0.286. The maximum atomic E-state index is 10.6. The van der Waals surface area contributed by atoms with Gasteiger partial charge < -0.3 is 14.4 Å². The van der Waals surface area contributed by atoms with E-state index < -0.39 is 5.97 Å². The molecule has 1 N–H and O–H groups in total. The van der Waals surface area contributed by atoms with Gasteiger partial charge in [-0.1, -0.05) is 17.3 Å². The Kier molecular flexibility index (Phi) is 3.85. The molecule has 0 aliphatic carbocycles. The van der Waals surface area contributed by atoms with Crippen molar-refractivity contribution in [3.05, 3.63) is 47.3 Å². The fourth-order valence-electron chi connectivity index (χ4n) is 1.70. The van der Waals surface area contributed by atoms with Crippen LogP contribution in [0.5, 0.6) is 5.75 Å². The highest BCUT2D eigenvalue weighted by atomic mass is 16.5. The number of hydrogen-bond acceptors (Lipinski definition) is 4. The van der Waals surface area contributed by atoms with Crippen LogP contribution in [0, 0.1) is 6.92 Å². The summed E-state index contributed by atoms with van der Waals surface area (Å²) in [6, 6.07) is 8.79. The van der Waals surface area contributed by atoms with Crippen LogP contribution < -0.4 is 4.74 Å². The molecule has 0 fully saturated rings. The van der Waals surface area contributed by atoms with Gasteiger partial charge in [0, 0.05) is 6.07 Å². The highest BCUT2D eigenvalue weighted by molar-refractivity contribution is 5.70. The fourth-order valence-corrected chi connectivity index (χ4v) is 1.70. The Morgan fingerprint density at radius 1 is 1.42 bits per heavy atom. The van der Waals surface area contributed by atoms with E-state index in [1.807, 2.05) is 19.9 Å². The molecule has 1 atom stereocenters. The Labute approximate surface area is 110 Å². The molecule has 0 radical (unpaired) electrons. The number of carboxylic acids is 1. The maximum Gasteiger partial charge on any atom is 0.307 e. The lowest BCUT2D eigenvalue weighted by Gasteiger charge is -2.11. The normalized spacial score (nSPS) is 12.1. The molecule has 100 valence electrons. The smallest absolute Gasteiger partial charge is 0.307 e. The summed E-state index contributed by atoms with van der Waals surface area (Å²) in [6.07, 6.45) is -0.233. The molecule has 5 nitrogen and oxygen atoms in total. The van der Waals surface area contributed by atoms with Gasteiger partial charge in [0.05, 0.1) is 12.1 Å². The van der Waals surface area contributed by atoms with Crippen molar-refractivity contribution in [1.29, 1.82) is 0 Å². The standard InChI is InChI=1S/C14H15NO4/c1-9-7-13(19-15-9)10(2)18-12-5-3-11(4-6-12)8-14(16)17/h3-7,10H,8H2,1-2H3,(H,16,17). The van der Waals surface area contributed by atoms with E-state index in [1.165, 1.54) is 0 Å². The second kappa shape index (κ2) is 5.56. The lowest BCUT2D eigenvalue weighted by Crippen LogP contribution is -2.03. The van der Waals surface area contributed by atoms with E-state index in [1.54, 1.807) is 24.3 Å². The van der Waals surface area contributed by atoms with Crippen molar-refractivity contribution < 1.29 is 19.2 Å². The van der Waals surface area contributed by atoms with E-state index in [0.717, 1.165) is 11.3 Å². The van der Waals surface area contributed by atoms with Crippen LogP contribution in [0.25, 0.3) is 0 Å². The highest BCUT2D eigenvalue weighted by Gasteiger charge is 2.12. The van der Waals surface area contributed by atoms with E-state index in [4.69, 9.17) is 14.4 Å². The van der Waals surface area contributed by atoms with E-state index in [-0.39, 0.29) is 12.5 Å². The van der Waals surface area contributed by atoms with Crippen molar-refractivity contribution in [3.63, 3.8) is 0 Å². The third-order valence-corrected chi connectivity index (χ3v) is 2.64. The average Bonchev–Trinajstić information content (AvgIpc) is 2.78. The molecule has 0 spiro atoms. The van der Waals surface area contributed by atoms with Gasteiger partial charge in [-0.2, -0.15) is 0 Å². The largest absolute Gasteiger partial charge is 0.483 e. The minimum atomic E-state index is -0.848. The monoisotopic (exact) mass is 261 g/mol. The number of nitrogens with zero attached hydrogens (tertiary/aromatic N) is 1. The Hall–Kier alpha value is -2.30. The Morgan fingerprint density at radius 2 is 2.11 bits per heavy atom. The molecule has 2 rings (SSSR count). The quantitative estimate of drug-likeness (QED) is 0.895. The van der Waals surface area contributed by atoms with Crippen molar-refractivity contribution >= 4 is 5.97 Å². The van der Waals surface area contributed by atoms with Crippen molar-refractivity contribution in [3.8, 4) is 5.75 Å². The zero-order valence-corrected chi connectivity index (χ0v) is 10.8. The van der Waals surface area contributed by atoms with Gasteiger partial charge in [-0.25, -0.2) is 0 Å². The van der Waals surface area contributed by atoms with Crippen molar-refractivity contribution in [2.24, 2.45) is 0 Å². The summed E-state index contributed by atoms with van der Waals surface area (Å²) in [5, 5.41) is 12.5. The number of hydrogen-bond donors (Lipinski definition) is 1. The average molecular weight is 261 g/mol. The van der Waals surface area contributed by atoms with Gasteiger partial charge in [-0.15, -0.1) is 0 Å². The minimum absolute atomic E-state index is 0.0110. The van der Waals surface area contributed by atoms with Crippen LogP contribution in [0.2, 0.25) is 0 Å². The van der Waals surface area contributed by atoms with E-state index in [2.05, 4.69) is 5.16 Å². The SMILES string of the molecule is Cc1cc(C(C)Oc2ccc(CC(=O)O)cc2)on1. The molecular formula is C14H15NO4. The van der Waals surface area contributed by atoms with E-state index in [0.29, 0.717) is 11.5 Å². The van der Waals surface area contributed by atoms with Crippen molar-refractivity contribution in [2.75, 3.05) is 0 Å². The number of benzene rings is 1. The van der Waals surface area contributed by atoms with Gasteiger partial charge in [0.15, 0.2) is 11.9 Å². The predicted octanol–water partition coefficient (Wildman–Crippen LogP) is 2.75. The molecule has 0 bridgehead atoms. The van der Waals surface area contributed by atoms with E-state index in [9.17, 15) is 4.79 Å². The Balaban J connectivity index is 2.01. The molecule has 19 heavy (non-hydrogen) atoms. The second-order valence-corrected chi connectivity index (χ2v) is 4.35. The van der Waals surface area contributed by atoms with Gasteiger partial charge in [0.1, 0.15) is 5.75 Å². The van der Waals surface area contributed by atoms with Crippen LogP contribution in [0.1, 0.15) is 30.0 Å². The summed E-state index contributed by atoms with van der Waals surface area (Å²) in [6.45, 7) is 3.71. The molecule has 5 heteroatoms. The number of carbonyl (C=O) groups is 1. The number of aliphatic carboxylic acids is 1.